The quantitative estimate of drug-likeness (QED) is 0.915. The minimum atomic E-state index is 0.577. The Hall–Kier alpha value is -1.93. The summed E-state index contributed by atoms with van der Waals surface area (Å²) < 4.78 is 0.753. The van der Waals surface area contributed by atoms with E-state index in [4.69, 9.17) is 5.26 Å². The zero-order valence-corrected chi connectivity index (χ0v) is 9.77. The van der Waals surface area contributed by atoms with E-state index in [1.54, 1.807) is 12.3 Å². The van der Waals surface area contributed by atoms with Crippen molar-refractivity contribution in [2.45, 2.75) is 0 Å². The van der Waals surface area contributed by atoms with Crippen molar-refractivity contribution in [2.75, 3.05) is 5.32 Å². The second-order valence-corrected chi connectivity index (χ2v) is 3.86. The van der Waals surface area contributed by atoms with Gasteiger partial charge in [0.2, 0.25) is 0 Å². The SMILES string of the molecule is N#Cc1ccccc1Nc1ncncc1Br. The number of nitrogens with one attached hydrogen (secondary N) is 1. The van der Waals surface area contributed by atoms with Gasteiger partial charge in [0.05, 0.1) is 15.7 Å². The summed E-state index contributed by atoms with van der Waals surface area (Å²) in [7, 11) is 0. The summed E-state index contributed by atoms with van der Waals surface area (Å²) in [6.45, 7) is 0. The maximum Gasteiger partial charge on any atom is 0.148 e. The van der Waals surface area contributed by atoms with Gasteiger partial charge in [-0.05, 0) is 28.1 Å². The molecule has 0 spiro atoms. The second-order valence-electron chi connectivity index (χ2n) is 3.00. The van der Waals surface area contributed by atoms with E-state index < -0.39 is 0 Å². The highest BCUT2D eigenvalue weighted by atomic mass is 79.9. The van der Waals surface area contributed by atoms with Gasteiger partial charge >= 0.3 is 0 Å². The van der Waals surface area contributed by atoms with Crippen LogP contribution in [-0.2, 0) is 0 Å². The minimum Gasteiger partial charge on any atom is -0.338 e. The highest BCUT2D eigenvalue weighted by Gasteiger charge is 2.04. The molecule has 0 aliphatic carbocycles. The summed E-state index contributed by atoms with van der Waals surface area (Å²) in [4.78, 5) is 7.94. The number of anilines is 2. The summed E-state index contributed by atoms with van der Waals surface area (Å²) in [5, 5.41) is 12.0. The Balaban J connectivity index is 2.35. The van der Waals surface area contributed by atoms with Crippen LogP contribution in [0.5, 0.6) is 0 Å². The Morgan fingerprint density at radius 3 is 2.88 bits per heavy atom. The molecule has 1 aromatic heterocycles. The maximum atomic E-state index is 8.93. The monoisotopic (exact) mass is 274 g/mol. The zero-order valence-electron chi connectivity index (χ0n) is 8.18. The minimum absolute atomic E-state index is 0.577. The Bertz CT molecular complexity index is 548. The largest absolute Gasteiger partial charge is 0.338 e. The lowest BCUT2D eigenvalue weighted by molar-refractivity contribution is 1.15. The molecule has 0 atom stereocenters. The fourth-order valence-electron chi connectivity index (χ4n) is 1.22. The predicted octanol–water partition coefficient (Wildman–Crippen LogP) is 2.85. The molecule has 78 valence electrons. The number of nitrogens with zero attached hydrogens (tertiary/aromatic N) is 3. The molecule has 16 heavy (non-hydrogen) atoms. The van der Waals surface area contributed by atoms with E-state index in [0.717, 1.165) is 10.2 Å². The first-order chi connectivity index (χ1) is 7.81. The van der Waals surface area contributed by atoms with Crippen molar-refractivity contribution in [1.29, 1.82) is 5.26 Å². The fourth-order valence-corrected chi connectivity index (χ4v) is 1.54. The standard InChI is InChI=1S/C11H7BrN4/c12-9-6-14-7-15-11(9)16-10-4-2-1-3-8(10)5-13/h1-4,6-7H,(H,14,15,16). The van der Waals surface area contributed by atoms with Crippen molar-refractivity contribution in [1.82, 2.24) is 9.97 Å². The smallest absolute Gasteiger partial charge is 0.148 e. The van der Waals surface area contributed by atoms with Crippen LogP contribution in [-0.4, -0.2) is 9.97 Å². The van der Waals surface area contributed by atoms with Crippen LogP contribution in [0.15, 0.2) is 41.3 Å². The van der Waals surface area contributed by atoms with Gasteiger partial charge in [-0.2, -0.15) is 5.26 Å². The summed E-state index contributed by atoms with van der Waals surface area (Å²) >= 11 is 3.33. The molecule has 0 radical (unpaired) electrons. The molecule has 1 N–H and O–H groups in total. The predicted molar refractivity (Wildman–Crippen MR) is 64.2 cm³/mol. The van der Waals surface area contributed by atoms with Crippen molar-refractivity contribution in [2.24, 2.45) is 0 Å². The van der Waals surface area contributed by atoms with Crippen LogP contribution in [0.25, 0.3) is 0 Å². The topological polar surface area (TPSA) is 61.6 Å². The van der Waals surface area contributed by atoms with Gasteiger partial charge in [0.15, 0.2) is 0 Å². The van der Waals surface area contributed by atoms with Crippen LogP contribution in [0.4, 0.5) is 11.5 Å². The third-order valence-corrected chi connectivity index (χ3v) is 2.55. The van der Waals surface area contributed by atoms with Crippen molar-refractivity contribution in [3.8, 4) is 6.07 Å². The number of hydrogen-bond donors (Lipinski definition) is 1. The van der Waals surface area contributed by atoms with Gasteiger partial charge in [0.25, 0.3) is 0 Å². The summed E-state index contributed by atoms with van der Waals surface area (Å²) in [5.41, 5.74) is 1.30. The molecule has 0 unspecified atom stereocenters. The van der Waals surface area contributed by atoms with Gasteiger partial charge in [-0.25, -0.2) is 9.97 Å². The van der Waals surface area contributed by atoms with Crippen LogP contribution in [0.3, 0.4) is 0 Å². The molecule has 1 aromatic carbocycles. The Morgan fingerprint density at radius 2 is 2.12 bits per heavy atom. The molecule has 2 aromatic rings. The first-order valence-electron chi connectivity index (χ1n) is 4.53. The molecule has 0 saturated heterocycles. The summed E-state index contributed by atoms with van der Waals surface area (Å²) in [6, 6.07) is 9.37. The van der Waals surface area contributed by atoms with Gasteiger partial charge in [-0.15, -0.1) is 0 Å². The third-order valence-electron chi connectivity index (χ3n) is 1.97. The second kappa shape index (κ2) is 4.73. The molecular formula is C11H7BrN4. The Kier molecular flexibility index (Phi) is 3.13. The average Bonchev–Trinajstić information content (AvgIpc) is 2.33. The lowest BCUT2D eigenvalue weighted by Gasteiger charge is -2.07. The lowest BCUT2D eigenvalue weighted by atomic mass is 10.2. The van der Waals surface area contributed by atoms with E-state index in [-0.39, 0.29) is 0 Å². The molecular weight excluding hydrogens is 268 g/mol. The number of halogens is 1. The van der Waals surface area contributed by atoms with E-state index in [1.165, 1.54) is 6.33 Å². The molecule has 0 fully saturated rings. The number of nitriles is 1. The van der Waals surface area contributed by atoms with Gasteiger partial charge in [0.1, 0.15) is 18.2 Å². The summed E-state index contributed by atoms with van der Waals surface area (Å²) in [5.74, 6) is 0.637. The number of aromatic nitrogens is 2. The number of benzene rings is 1. The molecule has 0 aliphatic rings. The van der Waals surface area contributed by atoms with Gasteiger partial charge < -0.3 is 5.32 Å². The van der Waals surface area contributed by atoms with E-state index in [0.29, 0.717) is 11.4 Å². The molecule has 0 bridgehead atoms. The van der Waals surface area contributed by atoms with Crippen LogP contribution in [0.2, 0.25) is 0 Å². The zero-order chi connectivity index (χ0) is 11.4. The molecule has 5 heteroatoms. The van der Waals surface area contributed by atoms with Gasteiger partial charge in [0, 0.05) is 6.20 Å². The van der Waals surface area contributed by atoms with Gasteiger partial charge in [-0.3, -0.25) is 0 Å². The Labute approximate surface area is 101 Å². The average molecular weight is 275 g/mol. The van der Waals surface area contributed by atoms with E-state index in [2.05, 4.69) is 37.3 Å². The number of rotatable bonds is 2. The van der Waals surface area contributed by atoms with Crippen molar-refractivity contribution >= 4 is 27.4 Å². The first-order valence-corrected chi connectivity index (χ1v) is 5.32. The van der Waals surface area contributed by atoms with Crippen molar-refractivity contribution in [3.63, 3.8) is 0 Å². The number of para-hydroxylation sites is 1. The van der Waals surface area contributed by atoms with E-state index in [9.17, 15) is 0 Å². The molecule has 1 heterocycles. The Morgan fingerprint density at radius 1 is 1.31 bits per heavy atom. The summed E-state index contributed by atoms with van der Waals surface area (Å²) in [6.07, 6.45) is 3.09. The van der Waals surface area contributed by atoms with E-state index >= 15 is 0 Å². The van der Waals surface area contributed by atoms with E-state index in [1.807, 2.05) is 18.2 Å². The first kappa shape index (κ1) is 10.6. The van der Waals surface area contributed by atoms with Crippen LogP contribution >= 0.6 is 15.9 Å². The molecule has 4 nitrogen and oxygen atoms in total. The lowest BCUT2D eigenvalue weighted by Crippen LogP contribution is -1.97. The van der Waals surface area contributed by atoms with Crippen molar-refractivity contribution in [3.05, 3.63) is 46.8 Å². The molecule has 0 saturated carbocycles. The van der Waals surface area contributed by atoms with Crippen LogP contribution < -0.4 is 5.32 Å². The molecule has 2 rings (SSSR count). The fraction of sp³-hybridized carbons (Fsp3) is 0. The highest BCUT2D eigenvalue weighted by molar-refractivity contribution is 9.10. The maximum absolute atomic E-state index is 8.93. The highest BCUT2D eigenvalue weighted by Crippen LogP contribution is 2.23. The van der Waals surface area contributed by atoms with Crippen LogP contribution in [0, 0.1) is 11.3 Å². The van der Waals surface area contributed by atoms with Crippen LogP contribution in [0.1, 0.15) is 5.56 Å². The third kappa shape index (κ3) is 2.18. The molecule has 0 aliphatic heterocycles. The number of hydrogen-bond acceptors (Lipinski definition) is 4. The normalized spacial score (nSPS) is 9.50. The van der Waals surface area contributed by atoms with Gasteiger partial charge in [-0.1, -0.05) is 12.1 Å². The molecule has 0 amide bonds. The van der Waals surface area contributed by atoms with Crippen molar-refractivity contribution < 1.29 is 0 Å².